The summed E-state index contributed by atoms with van der Waals surface area (Å²) in [6.45, 7) is 0. The number of H-pyrrole nitrogens is 1. The molecule has 2 N–H and O–H groups in total. The molecule has 0 aliphatic carbocycles. The molecule has 0 radical (unpaired) electrons. The van der Waals surface area contributed by atoms with Crippen LogP contribution < -0.4 is 25.0 Å². The van der Waals surface area contributed by atoms with Crippen LogP contribution in [0, 0.1) is 0 Å². The van der Waals surface area contributed by atoms with Gasteiger partial charge in [-0.1, -0.05) is 23.9 Å². The number of rotatable bonds is 4. The highest BCUT2D eigenvalue weighted by molar-refractivity contribution is 7.98. The Morgan fingerprint density at radius 1 is 1.11 bits per heavy atom. The second-order valence-corrected chi connectivity index (χ2v) is 6.76. The normalized spacial score (nSPS) is 14.7. The van der Waals surface area contributed by atoms with E-state index in [0.29, 0.717) is 22.3 Å². The van der Waals surface area contributed by atoms with Crippen LogP contribution in [-0.4, -0.2) is 30.6 Å². The van der Waals surface area contributed by atoms with Crippen molar-refractivity contribution in [2.24, 2.45) is 0 Å². The van der Waals surface area contributed by atoms with Crippen LogP contribution in [0.4, 0.5) is 5.69 Å². The van der Waals surface area contributed by atoms with E-state index in [1.165, 1.54) is 11.8 Å². The first-order valence-electron chi connectivity index (χ1n) is 8.34. The van der Waals surface area contributed by atoms with Crippen LogP contribution in [0.1, 0.15) is 11.7 Å². The summed E-state index contributed by atoms with van der Waals surface area (Å²) in [4.78, 5) is 15.6. The monoisotopic (exact) mass is 383 g/mol. The molecule has 2 aromatic carbocycles. The first-order valence-corrected chi connectivity index (χ1v) is 9.56. The van der Waals surface area contributed by atoms with Crippen LogP contribution >= 0.6 is 11.8 Å². The third-order valence-corrected chi connectivity index (χ3v) is 5.07. The summed E-state index contributed by atoms with van der Waals surface area (Å²) < 4.78 is 12.5. The van der Waals surface area contributed by atoms with Gasteiger partial charge in [0, 0.05) is 10.7 Å². The van der Waals surface area contributed by atoms with Crippen molar-refractivity contribution in [1.29, 1.82) is 0 Å². The molecule has 1 aliphatic rings. The van der Waals surface area contributed by atoms with Gasteiger partial charge in [-0.25, -0.2) is 0 Å². The van der Waals surface area contributed by atoms with Gasteiger partial charge >= 0.3 is 11.3 Å². The number of thioether (sulfide) groups is 1. The summed E-state index contributed by atoms with van der Waals surface area (Å²) in [5, 5.41) is 8.67. The van der Waals surface area contributed by atoms with Gasteiger partial charge in [0.05, 0.1) is 25.5 Å². The van der Waals surface area contributed by atoms with Gasteiger partial charge in [-0.05, 0) is 41.3 Å². The van der Waals surface area contributed by atoms with Crippen LogP contribution in [0.15, 0.2) is 52.4 Å². The lowest BCUT2D eigenvalue weighted by Gasteiger charge is -2.22. The van der Waals surface area contributed by atoms with E-state index in [-0.39, 0.29) is 11.7 Å². The molecule has 0 amide bonds. The van der Waals surface area contributed by atoms with Gasteiger partial charge < -0.3 is 14.8 Å². The van der Waals surface area contributed by atoms with Crippen LogP contribution in [0.5, 0.6) is 11.5 Å². The lowest BCUT2D eigenvalue weighted by Crippen LogP contribution is -2.55. The fourth-order valence-electron chi connectivity index (χ4n) is 3.23. The minimum Gasteiger partial charge on any atom is -0.493 e. The number of ether oxygens (including phenoxy) is 2. The van der Waals surface area contributed by atoms with Gasteiger partial charge in [0.1, 0.15) is 0 Å². The van der Waals surface area contributed by atoms with Crippen molar-refractivity contribution in [2.75, 3.05) is 25.8 Å². The maximum absolute atomic E-state index is 12.8. The molecule has 7 nitrogen and oxygen atoms in total. The highest BCUT2D eigenvalue weighted by Crippen LogP contribution is 2.34. The number of hydrogen-bond donors (Lipinski definition) is 2. The fourth-order valence-corrected chi connectivity index (χ4v) is 3.59. The Balaban J connectivity index is 1.94. The molecule has 138 valence electrons. The predicted molar refractivity (Wildman–Crippen MR) is 104 cm³/mol. The molecule has 4 rings (SSSR count). The van der Waals surface area contributed by atoms with E-state index in [4.69, 9.17) is 9.47 Å². The summed E-state index contributed by atoms with van der Waals surface area (Å²) in [7, 11) is 3.20. The van der Waals surface area contributed by atoms with Crippen LogP contribution in [0.3, 0.4) is 0 Å². The number of nitrogens with one attached hydrogen (secondary N) is 2. The van der Waals surface area contributed by atoms with Gasteiger partial charge in [0.25, 0.3) is 6.17 Å². The van der Waals surface area contributed by atoms with Gasteiger partial charge in [-0.2, -0.15) is 0 Å². The van der Waals surface area contributed by atoms with Gasteiger partial charge in [0.2, 0.25) is 5.16 Å². The molecule has 3 aromatic rings. The maximum atomic E-state index is 12.8. The van der Waals surface area contributed by atoms with E-state index in [2.05, 4.69) is 15.4 Å². The number of methoxy groups -OCH3 is 2. The average Bonchev–Trinajstić information content (AvgIpc) is 2.72. The number of fused-ring (bicyclic) bond motifs is 3. The number of hydrogen-bond acceptors (Lipinski definition) is 6. The van der Waals surface area contributed by atoms with Crippen molar-refractivity contribution in [1.82, 2.24) is 10.1 Å². The lowest BCUT2D eigenvalue weighted by atomic mass is 10.0. The largest absolute Gasteiger partial charge is 0.493 e. The van der Waals surface area contributed by atoms with E-state index in [9.17, 15) is 4.79 Å². The SMILES string of the molecule is COc1ccc([C@H]2Nc3ccccc3-c3c(=O)[nH]c(SC)n[n+]32)cc1OC. The van der Waals surface area contributed by atoms with Gasteiger partial charge in [-0.15, -0.1) is 0 Å². The molecule has 0 saturated heterocycles. The average molecular weight is 383 g/mol. The standard InChI is InChI=1S/C19H18N4O3S/c1-25-14-9-8-11(10-15(14)26-2)17-20-13-7-5-4-6-12(13)16-18(24)21-19(27-3)22-23(16)17/h4-10,17H,1-3H3,(H,21,22,24)/p+1/t17-/m0/s1. The van der Waals surface area contributed by atoms with E-state index < -0.39 is 0 Å². The van der Waals surface area contributed by atoms with Gasteiger partial charge in [-0.3, -0.25) is 9.78 Å². The van der Waals surface area contributed by atoms with E-state index in [0.717, 1.165) is 16.8 Å². The zero-order chi connectivity index (χ0) is 19.0. The molecule has 2 heterocycles. The molecule has 0 saturated carbocycles. The maximum Gasteiger partial charge on any atom is 0.325 e. The van der Waals surface area contributed by atoms with Crippen molar-refractivity contribution in [3.05, 3.63) is 58.4 Å². The van der Waals surface area contributed by atoms with Crippen molar-refractivity contribution < 1.29 is 14.2 Å². The Labute approximate surface area is 160 Å². The predicted octanol–water partition coefficient (Wildman–Crippen LogP) is 2.44. The molecular weight excluding hydrogens is 364 g/mol. The number of benzene rings is 2. The fraction of sp³-hybridized carbons (Fsp3) is 0.211. The summed E-state index contributed by atoms with van der Waals surface area (Å²) in [6.07, 6.45) is 1.52. The highest BCUT2D eigenvalue weighted by Gasteiger charge is 2.37. The molecule has 0 unspecified atom stereocenters. The number of aromatic nitrogens is 3. The van der Waals surface area contributed by atoms with Crippen LogP contribution in [-0.2, 0) is 0 Å². The van der Waals surface area contributed by atoms with E-state index >= 15 is 0 Å². The number of nitrogens with zero attached hydrogens (tertiary/aromatic N) is 2. The summed E-state index contributed by atoms with van der Waals surface area (Å²) in [5.41, 5.74) is 2.94. The molecule has 0 spiro atoms. The molecule has 0 bridgehead atoms. The Morgan fingerprint density at radius 3 is 2.63 bits per heavy atom. The minimum absolute atomic E-state index is 0.172. The Bertz CT molecular complexity index is 1070. The van der Waals surface area contributed by atoms with Crippen molar-refractivity contribution in [2.45, 2.75) is 11.3 Å². The first kappa shape index (κ1) is 17.4. The number of para-hydroxylation sites is 1. The topological polar surface area (TPSA) is 80.1 Å². The molecule has 1 atom stereocenters. The minimum atomic E-state index is -0.358. The first-order chi connectivity index (χ1) is 13.2. The molecule has 8 heteroatoms. The second kappa shape index (κ2) is 6.96. The molecule has 27 heavy (non-hydrogen) atoms. The van der Waals surface area contributed by atoms with Crippen LogP contribution in [0.25, 0.3) is 11.3 Å². The van der Waals surface area contributed by atoms with Gasteiger partial charge in [0.15, 0.2) is 11.5 Å². The van der Waals surface area contributed by atoms with E-state index in [1.807, 2.05) is 48.7 Å². The molecular formula is C19H19N4O3S+. The van der Waals surface area contributed by atoms with Crippen molar-refractivity contribution >= 4 is 17.4 Å². The summed E-state index contributed by atoms with van der Waals surface area (Å²) in [5.74, 6) is 1.26. The smallest absolute Gasteiger partial charge is 0.325 e. The Morgan fingerprint density at radius 2 is 1.89 bits per heavy atom. The zero-order valence-corrected chi connectivity index (χ0v) is 16.0. The molecule has 1 aromatic heterocycles. The zero-order valence-electron chi connectivity index (χ0n) is 15.1. The Kier molecular flexibility index (Phi) is 4.49. The molecule has 0 fully saturated rings. The lowest BCUT2D eigenvalue weighted by molar-refractivity contribution is -0.759. The number of anilines is 1. The van der Waals surface area contributed by atoms with E-state index in [1.54, 1.807) is 18.9 Å². The third-order valence-electron chi connectivity index (χ3n) is 4.50. The summed E-state index contributed by atoms with van der Waals surface area (Å²) >= 11 is 1.39. The second-order valence-electron chi connectivity index (χ2n) is 5.96. The Hall–Kier alpha value is -3.00. The third kappa shape index (κ3) is 2.91. The van der Waals surface area contributed by atoms with Crippen molar-refractivity contribution in [3.8, 4) is 22.8 Å². The molecule has 1 aliphatic heterocycles. The quantitative estimate of drug-likeness (QED) is 0.532. The number of aromatic amines is 1. The highest BCUT2D eigenvalue weighted by atomic mass is 32.2. The summed E-state index contributed by atoms with van der Waals surface area (Å²) in [6, 6.07) is 13.4. The van der Waals surface area contributed by atoms with Crippen molar-refractivity contribution in [3.63, 3.8) is 0 Å². The van der Waals surface area contributed by atoms with Crippen LogP contribution in [0.2, 0.25) is 0 Å².